The van der Waals surface area contributed by atoms with E-state index in [1.54, 1.807) is 13.3 Å². The molecule has 0 bridgehead atoms. The lowest BCUT2D eigenvalue weighted by Crippen LogP contribution is -2.36. The largest absolute Gasteiger partial charge is 0.383 e. The Kier molecular flexibility index (Phi) is 6.98. The van der Waals surface area contributed by atoms with Crippen molar-refractivity contribution in [1.82, 2.24) is 15.3 Å². The Morgan fingerprint density at radius 3 is 2.79 bits per heavy atom. The molecule has 0 spiro atoms. The van der Waals surface area contributed by atoms with Crippen LogP contribution in [0.3, 0.4) is 0 Å². The molecule has 6 nitrogen and oxygen atoms in total. The van der Waals surface area contributed by atoms with E-state index in [2.05, 4.69) is 34.3 Å². The van der Waals surface area contributed by atoms with Gasteiger partial charge in [0, 0.05) is 38.5 Å². The van der Waals surface area contributed by atoms with Crippen LogP contribution in [0.1, 0.15) is 48.0 Å². The summed E-state index contributed by atoms with van der Waals surface area (Å²) >= 11 is 0. The van der Waals surface area contributed by atoms with Crippen molar-refractivity contribution in [2.24, 2.45) is 0 Å². The maximum Gasteiger partial charge on any atom is 0.256 e. The SMILES string of the molecule is COCCNC(=O)c1cnc(-c2cccc(C)c2)nc1N(C)C1CCCCC1. The molecule has 1 saturated carbocycles. The maximum absolute atomic E-state index is 12.8. The van der Waals surface area contributed by atoms with Gasteiger partial charge in [0.05, 0.1) is 6.61 Å². The highest BCUT2D eigenvalue weighted by molar-refractivity contribution is 5.99. The first-order valence-electron chi connectivity index (χ1n) is 10.0. The number of anilines is 1. The molecule has 1 aliphatic rings. The molecule has 1 N–H and O–H groups in total. The van der Waals surface area contributed by atoms with E-state index in [0.717, 1.165) is 24.0 Å². The number of carbonyl (C=O) groups is 1. The zero-order valence-electron chi connectivity index (χ0n) is 17.1. The van der Waals surface area contributed by atoms with Gasteiger partial charge in [-0.15, -0.1) is 0 Å². The summed E-state index contributed by atoms with van der Waals surface area (Å²) in [6, 6.07) is 8.53. The van der Waals surface area contributed by atoms with Gasteiger partial charge in [0.15, 0.2) is 5.82 Å². The fraction of sp³-hybridized carbons (Fsp3) is 0.500. The highest BCUT2D eigenvalue weighted by Gasteiger charge is 2.24. The van der Waals surface area contributed by atoms with Crippen molar-refractivity contribution in [2.45, 2.75) is 45.1 Å². The fourth-order valence-electron chi connectivity index (χ4n) is 3.73. The van der Waals surface area contributed by atoms with E-state index in [-0.39, 0.29) is 5.91 Å². The van der Waals surface area contributed by atoms with Crippen LogP contribution >= 0.6 is 0 Å². The van der Waals surface area contributed by atoms with Crippen molar-refractivity contribution in [3.8, 4) is 11.4 Å². The van der Waals surface area contributed by atoms with Crippen LogP contribution in [-0.4, -0.2) is 49.2 Å². The second kappa shape index (κ2) is 9.64. The summed E-state index contributed by atoms with van der Waals surface area (Å²) in [6.07, 6.45) is 7.64. The number of carbonyl (C=O) groups excluding carboxylic acids is 1. The summed E-state index contributed by atoms with van der Waals surface area (Å²) in [5.74, 6) is 1.19. The molecule has 28 heavy (non-hydrogen) atoms. The van der Waals surface area contributed by atoms with Crippen LogP contribution in [0, 0.1) is 6.92 Å². The number of benzene rings is 1. The normalized spacial score (nSPS) is 14.7. The molecule has 1 amide bonds. The zero-order chi connectivity index (χ0) is 19.9. The average molecular weight is 383 g/mol. The van der Waals surface area contributed by atoms with Gasteiger partial charge in [-0.2, -0.15) is 0 Å². The molecular formula is C22H30N4O2. The number of methoxy groups -OCH3 is 1. The lowest BCUT2D eigenvalue weighted by Gasteiger charge is -2.33. The van der Waals surface area contributed by atoms with Gasteiger partial charge in [-0.3, -0.25) is 4.79 Å². The second-order valence-corrected chi connectivity index (χ2v) is 7.45. The zero-order valence-corrected chi connectivity index (χ0v) is 17.1. The third-order valence-electron chi connectivity index (χ3n) is 5.34. The Morgan fingerprint density at radius 2 is 2.07 bits per heavy atom. The van der Waals surface area contributed by atoms with Gasteiger partial charge in [0.1, 0.15) is 11.4 Å². The molecule has 0 saturated heterocycles. The Bertz CT molecular complexity index is 803. The first-order valence-corrected chi connectivity index (χ1v) is 10.0. The van der Waals surface area contributed by atoms with E-state index in [4.69, 9.17) is 9.72 Å². The van der Waals surface area contributed by atoms with Gasteiger partial charge in [-0.1, -0.05) is 43.0 Å². The fourth-order valence-corrected chi connectivity index (χ4v) is 3.73. The highest BCUT2D eigenvalue weighted by atomic mass is 16.5. The second-order valence-electron chi connectivity index (χ2n) is 7.45. The van der Waals surface area contributed by atoms with E-state index in [0.29, 0.717) is 36.4 Å². The monoisotopic (exact) mass is 382 g/mol. The van der Waals surface area contributed by atoms with Crippen LogP contribution in [0.5, 0.6) is 0 Å². The molecule has 0 radical (unpaired) electrons. The van der Waals surface area contributed by atoms with Crippen LogP contribution in [-0.2, 0) is 4.74 Å². The van der Waals surface area contributed by atoms with Gasteiger partial charge < -0.3 is 15.0 Å². The van der Waals surface area contributed by atoms with Crippen LogP contribution in [0.15, 0.2) is 30.5 Å². The van der Waals surface area contributed by atoms with E-state index in [1.807, 2.05) is 19.2 Å². The lowest BCUT2D eigenvalue weighted by atomic mass is 9.94. The summed E-state index contributed by atoms with van der Waals surface area (Å²) in [4.78, 5) is 24.3. The van der Waals surface area contributed by atoms with Crippen molar-refractivity contribution < 1.29 is 9.53 Å². The Balaban J connectivity index is 1.95. The van der Waals surface area contributed by atoms with Gasteiger partial charge in [-0.05, 0) is 25.8 Å². The Morgan fingerprint density at radius 1 is 1.29 bits per heavy atom. The summed E-state index contributed by atoms with van der Waals surface area (Å²) in [5.41, 5.74) is 2.63. The predicted molar refractivity (Wildman–Crippen MR) is 112 cm³/mol. The van der Waals surface area contributed by atoms with Gasteiger partial charge in [0.25, 0.3) is 5.91 Å². The molecule has 6 heteroatoms. The minimum Gasteiger partial charge on any atom is -0.383 e. The third kappa shape index (κ3) is 4.87. The molecule has 1 aliphatic carbocycles. The number of hydrogen-bond acceptors (Lipinski definition) is 5. The predicted octanol–water partition coefficient (Wildman–Crippen LogP) is 3.60. The number of aromatic nitrogens is 2. The minimum atomic E-state index is -0.162. The molecule has 0 unspecified atom stereocenters. The highest BCUT2D eigenvalue weighted by Crippen LogP contribution is 2.28. The van der Waals surface area contributed by atoms with Crippen LogP contribution in [0.2, 0.25) is 0 Å². The van der Waals surface area contributed by atoms with E-state index in [9.17, 15) is 4.79 Å². The summed E-state index contributed by atoms with van der Waals surface area (Å²) < 4.78 is 5.03. The van der Waals surface area contributed by atoms with Crippen molar-refractivity contribution in [2.75, 3.05) is 32.2 Å². The van der Waals surface area contributed by atoms with E-state index >= 15 is 0 Å². The van der Waals surface area contributed by atoms with Crippen LogP contribution in [0.4, 0.5) is 5.82 Å². The molecule has 150 valence electrons. The Hall–Kier alpha value is -2.47. The average Bonchev–Trinajstić information content (AvgIpc) is 2.73. The van der Waals surface area contributed by atoms with Crippen LogP contribution < -0.4 is 10.2 Å². The molecule has 2 aromatic rings. The Labute approximate surface area is 167 Å². The van der Waals surface area contributed by atoms with Crippen molar-refractivity contribution in [3.63, 3.8) is 0 Å². The molecule has 1 aromatic heterocycles. The van der Waals surface area contributed by atoms with Crippen molar-refractivity contribution in [1.29, 1.82) is 0 Å². The van der Waals surface area contributed by atoms with Gasteiger partial charge in [-0.25, -0.2) is 9.97 Å². The number of amides is 1. The summed E-state index contributed by atoms with van der Waals surface area (Å²) in [7, 11) is 3.67. The summed E-state index contributed by atoms with van der Waals surface area (Å²) in [6.45, 7) is 2.99. The molecule has 0 aliphatic heterocycles. The van der Waals surface area contributed by atoms with Gasteiger partial charge >= 0.3 is 0 Å². The van der Waals surface area contributed by atoms with E-state index < -0.39 is 0 Å². The number of aryl methyl sites for hydroxylation is 1. The lowest BCUT2D eigenvalue weighted by molar-refractivity contribution is 0.0937. The number of hydrogen-bond donors (Lipinski definition) is 1. The number of nitrogens with one attached hydrogen (secondary N) is 1. The first-order chi connectivity index (χ1) is 13.6. The molecule has 0 atom stereocenters. The van der Waals surface area contributed by atoms with Crippen molar-refractivity contribution >= 4 is 11.7 Å². The maximum atomic E-state index is 12.8. The quantitative estimate of drug-likeness (QED) is 0.741. The van der Waals surface area contributed by atoms with Crippen LogP contribution in [0.25, 0.3) is 11.4 Å². The topological polar surface area (TPSA) is 67.3 Å². The standard InChI is InChI=1S/C22H30N4O2/c1-16-8-7-9-17(14-16)20-24-15-19(22(27)23-12-13-28-3)21(25-20)26(2)18-10-5-4-6-11-18/h7-9,14-15,18H,4-6,10-13H2,1-3H3,(H,23,27). The number of rotatable bonds is 7. The number of ether oxygens (including phenoxy) is 1. The van der Waals surface area contributed by atoms with E-state index in [1.165, 1.54) is 19.3 Å². The number of nitrogens with zero attached hydrogens (tertiary/aromatic N) is 3. The molecular weight excluding hydrogens is 352 g/mol. The van der Waals surface area contributed by atoms with Gasteiger partial charge in [0.2, 0.25) is 0 Å². The molecule has 1 fully saturated rings. The summed E-state index contributed by atoms with van der Waals surface area (Å²) in [5, 5.41) is 2.90. The first kappa shape index (κ1) is 20.3. The molecule has 1 heterocycles. The minimum absolute atomic E-state index is 0.162. The smallest absolute Gasteiger partial charge is 0.256 e. The molecule has 1 aromatic carbocycles. The molecule has 3 rings (SSSR count). The third-order valence-corrected chi connectivity index (χ3v) is 5.34. The van der Waals surface area contributed by atoms with Crippen molar-refractivity contribution in [3.05, 3.63) is 41.6 Å².